The van der Waals surface area contributed by atoms with E-state index in [4.69, 9.17) is 23.8 Å². The third-order valence-corrected chi connectivity index (χ3v) is 6.48. The number of hydrogen-bond donors (Lipinski definition) is 0. The predicted octanol–water partition coefficient (Wildman–Crippen LogP) is 5.48. The van der Waals surface area contributed by atoms with E-state index in [1.165, 1.54) is 0 Å². The molecule has 2 aromatic carbocycles. The molecule has 5 nitrogen and oxygen atoms in total. The van der Waals surface area contributed by atoms with Gasteiger partial charge in [0, 0.05) is 23.1 Å². The van der Waals surface area contributed by atoms with Gasteiger partial charge in [0.2, 0.25) is 0 Å². The standard InChI is InChI=1S/C25H30BNO4/c1-24(2)25(3,4)31-26(30-24)16-21(18-13-19(28-5)15-20(14-18)29-6)23-12-11-17-9-7-8-10-22(17)27-23/h7-15,21H,16H2,1-6H3. The Kier molecular flexibility index (Phi) is 5.71. The summed E-state index contributed by atoms with van der Waals surface area (Å²) in [6.45, 7) is 8.30. The summed E-state index contributed by atoms with van der Waals surface area (Å²) in [5.74, 6) is 1.44. The van der Waals surface area contributed by atoms with Crippen molar-refractivity contribution in [2.45, 2.75) is 51.1 Å². The van der Waals surface area contributed by atoms with Gasteiger partial charge in [0.25, 0.3) is 0 Å². The molecule has 0 bridgehead atoms. The zero-order valence-corrected chi connectivity index (χ0v) is 19.1. The number of para-hydroxylation sites is 1. The van der Waals surface area contributed by atoms with Gasteiger partial charge >= 0.3 is 7.12 Å². The molecule has 1 fully saturated rings. The van der Waals surface area contributed by atoms with Crippen molar-refractivity contribution in [1.29, 1.82) is 0 Å². The van der Waals surface area contributed by atoms with Gasteiger partial charge in [0.15, 0.2) is 0 Å². The summed E-state index contributed by atoms with van der Waals surface area (Å²) in [6, 6.07) is 18.3. The number of rotatable bonds is 6. The minimum Gasteiger partial charge on any atom is -0.497 e. The van der Waals surface area contributed by atoms with Crippen molar-refractivity contribution in [3.05, 3.63) is 65.9 Å². The predicted molar refractivity (Wildman–Crippen MR) is 124 cm³/mol. The van der Waals surface area contributed by atoms with Crippen LogP contribution < -0.4 is 9.47 Å². The van der Waals surface area contributed by atoms with Crippen LogP contribution in [0.1, 0.15) is 44.9 Å². The SMILES string of the molecule is COc1cc(OC)cc(C(CB2OC(C)(C)C(C)(C)O2)c2ccc3ccccc3n2)c1. The molecule has 2 heterocycles. The van der Waals surface area contributed by atoms with E-state index in [1.807, 2.05) is 36.4 Å². The summed E-state index contributed by atoms with van der Waals surface area (Å²) < 4.78 is 23.7. The van der Waals surface area contributed by atoms with Crippen LogP contribution in [0.15, 0.2) is 54.6 Å². The lowest BCUT2D eigenvalue weighted by molar-refractivity contribution is 0.00578. The Morgan fingerprint density at radius 2 is 1.48 bits per heavy atom. The van der Waals surface area contributed by atoms with Crippen LogP contribution in [0.4, 0.5) is 0 Å². The molecule has 0 spiro atoms. The molecule has 0 N–H and O–H groups in total. The summed E-state index contributed by atoms with van der Waals surface area (Å²) in [4.78, 5) is 4.98. The second kappa shape index (κ2) is 8.17. The Balaban J connectivity index is 1.77. The molecule has 1 unspecified atom stereocenters. The maximum absolute atomic E-state index is 6.33. The lowest BCUT2D eigenvalue weighted by Crippen LogP contribution is -2.41. The summed E-state index contributed by atoms with van der Waals surface area (Å²) in [7, 11) is 2.98. The van der Waals surface area contributed by atoms with Crippen molar-refractivity contribution in [1.82, 2.24) is 4.98 Å². The second-order valence-electron chi connectivity index (χ2n) is 9.05. The number of ether oxygens (including phenoxy) is 2. The van der Waals surface area contributed by atoms with Gasteiger partial charge in [-0.25, -0.2) is 0 Å². The molecule has 4 rings (SSSR count). The van der Waals surface area contributed by atoms with E-state index in [1.54, 1.807) is 14.2 Å². The Morgan fingerprint density at radius 1 is 0.871 bits per heavy atom. The monoisotopic (exact) mass is 419 g/mol. The van der Waals surface area contributed by atoms with Gasteiger partial charge in [-0.15, -0.1) is 0 Å². The topological polar surface area (TPSA) is 49.8 Å². The Labute approximate surface area is 184 Å². The lowest BCUT2D eigenvalue weighted by atomic mass is 9.73. The van der Waals surface area contributed by atoms with Gasteiger partial charge in [0.1, 0.15) is 11.5 Å². The number of fused-ring (bicyclic) bond motifs is 1. The molecule has 1 aliphatic rings. The molecule has 162 valence electrons. The van der Waals surface area contributed by atoms with E-state index in [0.717, 1.165) is 33.7 Å². The molecule has 0 amide bonds. The molecule has 0 saturated carbocycles. The first kappa shape index (κ1) is 21.7. The Bertz CT molecular complexity index is 1040. The van der Waals surface area contributed by atoms with Gasteiger partial charge < -0.3 is 18.8 Å². The number of aromatic nitrogens is 1. The van der Waals surface area contributed by atoms with E-state index in [9.17, 15) is 0 Å². The van der Waals surface area contributed by atoms with E-state index >= 15 is 0 Å². The van der Waals surface area contributed by atoms with Gasteiger partial charge in [0.05, 0.1) is 30.9 Å². The van der Waals surface area contributed by atoms with Crippen LogP contribution in [0, 0.1) is 0 Å². The van der Waals surface area contributed by atoms with Crippen LogP contribution >= 0.6 is 0 Å². The van der Waals surface area contributed by atoms with Crippen molar-refractivity contribution in [3.8, 4) is 11.5 Å². The summed E-state index contributed by atoms with van der Waals surface area (Å²) >= 11 is 0. The van der Waals surface area contributed by atoms with Gasteiger partial charge in [-0.3, -0.25) is 4.98 Å². The zero-order valence-electron chi connectivity index (χ0n) is 19.1. The second-order valence-corrected chi connectivity index (χ2v) is 9.05. The quantitative estimate of drug-likeness (QED) is 0.496. The maximum Gasteiger partial charge on any atom is 0.458 e. The van der Waals surface area contributed by atoms with Crippen molar-refractivity contribution in [3.63, 3.8) is 0 Å². The van der Waals surface area contributed by atoms with Crippen molar-refractivity contribution in [2.75, 3.05) is 14.2 Å². The third kappa shape index (κ3) is 4.27. The first-order valence-electron chi connectivity index (χ1n) is 10.7. The third-order valence-electron chi connectivity index (χ3n) is 6.48. The van der Waals surface area contributed by atoms with Crippen LogP contribution in [0.2, 0.25) is 6.32 Å². The summed E-state index contributed by atoms with van der Waals surface area (Å²) in [5.41, 5.74) is 2.21. The zero-order chi connectivity index (χ0) is 22.2. The first-order valence-corrected chi connectivity index (χ1v) is 10.7. The van der Waals surface area contributed by atoms with Gasteiger partial charge in [-0.05, 0) is 63.8 Å². The number of benzene rings is 2. The van der Waals surface area contributed by atoms with Crippen LogP contribution in [0.5, 0.6) is 11.5 Å². The number of hydrogen-bond acceptors (Lipinski definition) is 5. The number of methoxy groups -OCH3 is 2. The van der Waals surface area contributed by atoms with Crippen LogP contribution in [0.25, 0.3) is 10.9 Å². The highest BCUT2D eigenvalue weighted by molar-refractivity contribution is 6.45. The minimum absolute atomic E-state index is 0.0525. The molecule has 1 aromatic heterocycles. The highest BCUT2D eigenvalue weighted by Crippen LogP contribution is 2.42. The van der Waals surface area contributed by atoms with Gasteiger partial charge in [-0.2, -0.15) is 0 Å². The smallest absolute Gasteiger partial charge is 0.458 e. The average Bonchev–Trinajstić information content (AvgIpc) is 2.97. The number of pyridine rings is 1. The highest BCUT2D eigenvalue weighted by Gasteiger charge is 2.51. The fourth-order valence-corrected chi connectivity index (χ4v) is 3.99. The minimum atomic E-state index is -0.384. The first-order chi connectivity index (χ1) is 14.7. The molecule has 3 aromatic rings. The van der Waals surface area contributed by atoms with E-state index in [2.05, 4.69) is 45.9 Å². The molecular weight excluding hydrogens is 389 g/mol. The maximum atomic E-state index is 6.33. The fourth-order valence-electron chi connectivity index (χ4n) is 3.99. The molecule has 1 atom stereocenters. The normalized spacial score (nSPS) is 18.2. The average molecular weight is 419 g/mol. The lowest BCUT2D eigenvalue weighted by Gasteiger charge is -2.32. The Morgan fingerprint density at radius 3 is 2.10 bits per heavy atom. The number of nitrogens with zero attached hydrogens (tertiary/aromatic N) is 1. The van der Waals surface area contributed by atoms with Crippen molar-refractivity contribution >= 4 is 18.0 Å². The van der Waals surface area contributed by atoms with Gasteiger partial charge in [-0.1, -0.05) is 24.3 Å². The van der Waals surface area contributed by atoms with E-state index in [-0.39, 0.29) is 24.2 Å². The largest absolute Gasteiger partial charge is 0.497 e. The van der Waals surface area contributed by atoms with Crippen molar-refractivity contribution < 1.29 is 18.8 Å². The molecule has 1 aliphatic heterocycles. The highest BCUT2D eigenvalue weighted by atomic mass is 16.7. The molecular formula is C25H30BNO4. The van der Waals surface area contributed by atoms with E-state index < -0.39 is 0 Å². The molecule has 1 saturated heterocycles. The Hall–Kier alpha value is -2.57. The summed E-state index contributed by atoms with van der Waals surface area (Å²) in [6.07, 6.45) is 0.633. The molecule has 31 heavy (non-hydrogen) atoms. The molecule has 6 heteroatoms. The molecule has 0 radical (unpaired) electrons. The van der Waals surface area contributed by atoms with Crippen LogP contribution in [-0.4, -0.2) is 37.5 Å². The summed E-state index contributed by atoms with van der Waals surface area (Å²) in [5, 5.41) is 1.11. The van der Waals surface area contributed by atoms with Crippen LogP contribution in [0.3, 0.4) is 0 Å². The molecule has 0 aliphatic carbocycles. The fraction of sp³-hybridized carbons (Fsp3) is 0.400. The van der Waals surface area contributed by atoms with Crippen molar-refractivity contribution in [2.24, 2.45) is 0 Å². The van der Waals surface area contributed by atoms with Crippen LogP contribution in [-0.2, 0) is 9.31 Å². The van der Waals surface area contributed by atoms with E-state index in [0.29, 0.717) is 6.32 Å².